The van der Waals surface area contributed by atoms with Gasteiger partial charge in [-0.2, -0.15) is 8.42 Å². The average molecular weight is 731 g/mol. The summed E-state index contributed by atoms with van der Waals surface area (Å²) < 4.78 is 59.3. The molecule has 0 aliphatic carbocycles. The first kappa shape index (κ1) is 40.6. The second-order valence-corrected chi connectivity index (χ2v) is 11.6. The number of hydrogen-bond acceptors (Lipinski definition) is 18. The number of fused-ring (bicyclic) bond motifs is 1. The molecular formula is C27H31NaO20S. The molecule has 3 aromatic rings. The van der Waals surface area contributed by atoms with Gasteiger partial charge in [-0.1, -0.05) is 17.9 Å². The van der Waals surface area contributed by atoms with Crippen molar-refractivity contribution in [2.24, 2.45) is 0 Å². The quantitative estimate of drug-likeness (QED) is 0.0830. The predicted octanol–water partition coefficient (Wildman–Crippen LogP) is -5.97. The van der Waals surface area contributed by atoms with E-state index in [0.717, 1.165) is 24.3 Å². The first-order chi connectivity index (χ1) is 22.3. The Balaban J connectivity index is 0.00000101. The molecule has 3 heterocycles. The molecule has 0 bridgehead atoms. The van der Waals surface area contributed by atoms with Crippen LogP contribution in [0.3, 0.4) is 0 Å². The van der Waals surface area contributed by atoms with Crippen molar-refractivity contribution < 1.29 is 122 Å². The van der Waals surface area contributed by atoms with E-state index < -0.39 is 124 Å². The van der Waals surface area contributed by atoms with Crippen LogP contribution in [0.5, 0.6) is 28.7 Å². The molecule has 20 nitrogen and oxygen atoms in total. The SMILES string of the molecule is C[C@@H]1O[C@@H](OC[C@H]2O[C@@H](Oc3c(-c4ccc([O-])c(O)c4)oc4cc(O)cc(O)c4c3=O)[C@H](O)[C@@H](O)[C@@H]2O)[C@H](O)[C@H](O)[C@H]1O.O=S(=O)(O)O.[Na+]. The first-order valence-corrected chi connectivity index (χ1v) is 15.1. The van der Waals surface area contributed by atoms with Crippen LogP contribution < -0.4 is 44.8 Å². The van der Waals surface area contributed by atoms with E-state index in [0.29, 0.717) is 0 Å². The summed E-state index contributed by atoms with van der Waals surface area (Å²) >= 11 is 0. The van der Waals surface area contributed by atoms with E-state index in [-0.39, 0.29) is 40.7 Å². The molecule has 0 spiro atoms. The van der Waals surface area contributed by atoms with Gasteiger partial charge >= 0.3 is 40.0 Å². The minimum Gasteiger partial charge on any atom is -0.870 e. The van der Waals surface area contributed by atoms with Gasteiger partial charge in [0.2, 0.25) is 17.5 Å². The number of phenols is 3. The number of ether oxygens (including phenoxy) is 4. The Morgan fingerprint density at radius 1 is 0.816 bits per heavy atom. The van der Waals surface area contributed by atoms with Crippen LogP contribution in [0.4, 0.5) is 0 Å². The second kappa shape index (κ2) is 16.0. The normalized spacial score (nSPS) is 30.1. The number of phenolic OH excluding ortho intramolecular Hbond substituents is 3. The molecule has 0 radical (unpaired) electrons. The molecule has 0 unspecified atom stereocenters. The molecular weight excluding hydrogens is 699 g/mol. The Hall–Kier alpha value is -2.84. The van der Waals surface area contributed by atoms with Crippen LogP contribution in [0, 0.1) is 0 Å². The monoisotopic (exact) mass is 730 g/mol. The third-order valence-corrected chi connectivity index (χ3v) is 7.27. The fraction of sp³-hybridized carbons (Fsp3) is 0.444. The second-order valence-electron chi connectivity index (χ2n) is 10.7. The minimum absolute atomic E-state index is 0. The smallest absolute Gasteiger partial charge is 0.870 e. The van der Waals surface area contributed by atoms with Crippen LogP contribution in [0.25, 0.3) is 22.3 Å². The molecule has 0 saturated carbocycles. The van der Waals surface area contributed by atoms with Crippen molar-refractivity contribution in [3.05, 3.63) is 40.6 Å². The standard InChI is InChI=1S/C27H30O16.Na.H2O4S/c1-8-17(32)20(35)22(37)26(40-8)39-7-15-18(33)21(36)23(38)27(42-15)43-25-19(34)16-13(31)5-10(28)6-14(16)41-24(25)9-2-3-11(29)12(30)4-9;;1-5(2,3)4/h2-6,8,15,17-18,20-23,26-33,35-38H,7H2,1H3;;(H2,1,2,3,4)/q;+1;/p-1/t8-,15+,17-,18+,20+,21-,22+,23+,26+,27-;;/m0../s1. The van der Waals surface area contributed by atoms with Gasteiger partial charge in [0.25, 0.3) is 0 Å². The fourth-order valence-corrected chi connectivity index (χ4v) is 4.83. The molecule has 2 aliphatic heterocycles. The van der Waals surface area contributed by atoms with E-state index >= 15 is 0 Å². The van der Waals surface area contributed by atoms with Gasteiger partial charge in [0.1, 0.15) is 70.9 Å². The maximum absolute atomic E-state index is 13.6. The Labute approximate surface area is 297 Å². The Morgan fingerprint density at radius 3 is 2.02 bits per heavy atom. The van der Waals surface area contributed by atoms with E-state index in [4.69, 9.17) is 40.9 Å². The molecule has 2 aromatic carbocycles. The van der Waals surface area contributed by atoms with Crippen LogP contribution in [0.15, 0.2) is 39.5 Å². The predicted molar refractivity (Wildman–Crippen MR) is 152 cm³/mol. The number of aliphatic hydroxyl groups excluding tert-OH is 6. The molecule has 5 rings (SSSR count). The van der Waals surface area contributed by atoms with Crippen molar-refractivity contribution in [1.82, 2.24) is 0 Å². The Kier molecular flexibility index (Phi) is 13.3. The van der Waals surface area contributed by atoms with Gasteiger partial charge in [0.15, 0.2) is 12.1 Å². The van der Waals surface area contributed by atoms with Crippen LogP contribution in [0.1, 0.15) is 6.92 Å². The van der Waals surface area contributed by atoms with E-state index in [1.165, 1.54) is 13.0 Å². The Morgan fingerprint density at radius 2 is 1.41 bits per heavy atom. The molecule has 2 fully saturated rings. The zero-order valence-corrected chi connectivity index (χ0v) is 28.2. The average Bonchev–Trinajstić information content (AvgIpc) is 2.99. The summed E-state index contributed by atoms with van der Waals surface area (Å²) in [6.45, 7) is 0.808. The topological polar surface area (TPSA) is 347 Å². The van der Waals surface area contributed by atoms with Gasteiger partial charge in [-0.3, -0.25) is 13.9 Å². The van der Waals surface area contributed by atoms with E-state index in [2.05, 4.69) is 0 Å². The maximum Gasteiger partial charge on any atom is 1.00 e. The Bertz CT molecular complexity index is 1780. The van der Waals surface area contributed by atoms with Crippen molar-refractivity contribution in [1.29, 1.82) is 0 Å². The third-order valence-electron chi connectivity index (χ3n) is 7.27. The number of rotatable bonds is 6. The molecule has 2 saturated heterocycles. The van der Waals surface area contributed by atoms with Gasteiger partial charge in [0.05, 0.1) is 12.7 Å². The molecule has 49 heavy (non-hydrogen) atoms. The summed E-state index contributed by atoms with van der Waals surface area (Å²) in [6.07, 6.45) is -16.2. The van der Waals surface area contributed by atoms with Crippen molar-refractivity contribution >= 4 is 21.4 Å². The largest absolute Gasteiger partial charge is 1.00 e. The van der Waals surface area contributed by atoms with Gasteiger partial charge in [-0.15, -0.1) is 0 Å². The van der Waals surface area contributed by atoms with Crippen molar-refractivity contribution in [2.45, 2.75) is 68.3 Å². The van der Waals surface area contributed by atoms with Crippen LogP contribution in [-0.2, 0) is 24.6 Å². The summed E-state index contributed by atoms with van der Waals surface area (Å²) in [5, 5.41) is 103. The van der Waals surface area contributed by atoms with E-state index in [1.54, 1.807) is 0 Å². The molecule has 266 valence electrons. The number of aliphatic hydroxyl groups is 6. The maximum atomic E-state index is 13.6. The number of hydrogen-bond donors (Lipinski definition) is 11. The summed E-state index contributed by atoms with van der Waals surface area (Å²) in [4.78, 5) is 13.6. The molecule has 0 amide bonds. The van der Waals surface area contributed by atoms with Crippen LogP contribution in [0.2, 0.25) is 0 Å². The zero-order chi connectivity index (χ0) is 35.8. The van der Waals surface area contributed by atoms with Crippen LogP contribution >= 0.6 is 0 Å². The van der Waals surface area contributed by atoms with Crippen molar-refractivity contribution in [2.75, 3.05) is 6.61 Å². The summed E-state index contributed by atoms with van der Waals surface area (Å²) in [7, 11) is -4.67. The van der Waals surface area contributed by atoms with Gasteiger partial charge < -0.3 is 74.4 Å². The van der Waals surface area contributed by atoms with Crippen molar-refractivity contribution in [3.63, 3.8) is 0 Å². The summed E-state index contributed by atoms with van der Waals surface area (Å²) in [6, 6.07) is 4.98. The third kappa shape index (κ3) is 9.29. The summed E-state index contributed by atoms with van der Waals surface area (Å²) in [5.74, 6) is -3.76. The van der Waals surface area contributed by atoms with Gasteiger partial charge in [-0.25, -0.2) is 0 Å². The van der Waals surface area contributed by atoms with Crippen LogP contribution in [-0.4, -0.2) is 132 Å². The van der Waals surface area contributed by atoms with E-state index in [1.807, 2.05) is 0 Å². The molecule has 1 aromatic heterocycles. The zero-order valence-electron chi connectivity index (χ0n) is 25.4. The van der Waals surface area contributed by atoms with Gasteiger partial charge in [-0.05, 0) is 13.0 Å². The first-order valence-electron chi connectivity index (χ1n) is 13.7. The summed E-state index contributed by atoms with van der Waals surface area (Å²) in [5.41, 5.74) is -1.42. The number of aromatic hydroxyl groups is 3. The van der Waals surface area contributed by atoms with Gasteiger partial charge in [0, 0.05) is 17.7 Å². The molecule has 10 atom stereocenters. The molecule has 11 N–H and O–H groups in total. The van der Waals surface area contributed by atoms with E-state index in [9.17, 15) is 55.9 Å². The number of benzene rings is 2. The molecule has 22 heteroatoms. The minimum atomic E-state index is -4.67. The molecule has 2 aliphatic rings. The van der Waals surface area contributed by atoms with Crippen molar-refractivity contribution in [3.8, 4) is 40.1 Å². The fourth-order valence-electron chi connectivity index (χ4n) is 4.83.